The second-order valence-corrected chi connectivity index (χ2v) is 5.21. The minimum absolute atomic E-state index is 0.137. The summed E-state index contributed by atoms with van der Waals surface area (Å²) in [6.07, 6.45) is 5.28. The number of nitrogens with one attached hydrogen (secondary N) is 1. The third-order valence-electron chi connectivity index (χ3n) is 3.87. The molecule has 0 saturated heterocycles. The predicted molar refractivity (Wildman–Crippen MR) is 76.3 cm³/mol. The molecule has 106 valence electrons. The fraction of sp³-hybridized carbons (Fsp3) is 0.375. The molecule has 0 radical (unpaired) electrons. The van der Waals surface area contributed by atoms with E-state index in [-0.39, 0.29) is 11.8 Å². The topological polar surface area (TPSA) is 66.4 Å². The maximum atomic E-state index is 12.1. The van der Waals surface area contributed by atoms with E-state index in [1.54, 1.807) is 6.07 Å². The summed E-state index contributed by atoms with van der Waals surface area (Å²) in [5.74, 6) is -1.36. The summed E-state index contributed by atoms with van der Waals surface area (Å²) in [6.45, 7) is 3.81. The van der Waals surface area contributed by atoms with Crippen LogP contribution in [0.1, 0.15) is 35.6 Å². The fourth-order valence-electron chi connectivity index (χ4n) is 2.45. The van der Waals surface area contributed by atoms with Gasteiger partial charge in [-0.25, -0.2) is 4.79 Å². The van der Waals surface area contributed by atoms with Crippen LogP contribution in [0.2, 0.25) is 0 Å². The van der Waals surface area contributed by atoms with Gasteiger partial charge in [0.05, 0.1) is 0 Å². The molecule has 0 saturated carbocycles. The van der Waals surface area contributed by atoms with Gasteiger partial charge in [0.25, 0.3) is 0 Å². The molecular weight excluding hydrogens is 254 g/mol. The van der Waals surface area contributed by atoms with Crippen molar-refractivity contribution < 1.29 is 14.7 Å². The van der Waals surface area contributed by atoms with E-state index in [0.29, 0.717) is 18.4 Å². The summed E-state index contributed by atoms with van der Waals surface area (Å²) in [5.41, 5.74) is 2.58. The molecule has 0 fully saturated rings. The van der Waals surface area contributed by atoms with Crippen molar-refractivity contribution in [2.24, 2.45) is 5.92 Å². The van der Waals surface area contributed by atoms with Gasteiger partial charge >= 0.3 is 5.97 Å². The number of amides is 1. The Labute approximate surface area is 118 Å². The zero-order valence-electron chi connectivity index (χ0n) is 11.7. The van der Waals surface area contributed by atoms with Crippen LogP contribution >= 0.6 is 0 Å². The number of carbonyl (C=O) groups is 2. The van der Waals surface area contributed by atoms with Crippen LogP contribution in [0.4, 0.5) is 0 Å². The van der Waals surface area contributed by atoms with Crippen molar-refractivity contribution in [1.82, 2.24) is 5.32 Å². The van der Waals surface area contributed by atoms with E-state index in [1.807, 2.05) is 38.1 Å². The average Bonchev–Trinajstić information content (AvgIpc) is 2.93. The van der Waals surface area contributed by atoms with Crippen molar-refractivity contribution in [3.8, 4) is 0 Å². The second kappa shape index (κ2) is 5.90. The lowest BCUT2D eigenvalue weighted by Crippen LogP contribution is -2.37. The fourth-order valence-corrected chi connectivity index (χ4v) is 2.45. The van der Waals surface area contributed by atoms with Crippen molar-refractivity contribution in [2.75, 3.05) is 0 Å². The number of aliphatic carboxylic acids is 1. The van der Waals surface area contributed by atoms with Gasteiger partial charge < -0.3 is 10.4 Å². The molecule has 1 amide bonds. The third kappa shape index (κ3) is 2.90. The lowest BCUT2D eigenvalue weighted by atomic mass is 9.96. The Morgan fingerprint density at radius 3 is 2.50 bits per heavy atom. The summed E-state index contributed by atoms with van der Waals surface area (Å²) in [5, 5.41) is 12.1. The van der Waals surface area contributed by atoms with Crippen molar-refractivity contribution >= 4 is 11.9 Å². The monoisotopic (exact) mass is 273 g/mol. The number of rotatable bonds is 4. The highest BCUT2D eigenvalue weighted by Crippen LogP contribution is 2.23. The number of allylic oxidation sites excluding steroid dienone is 2. The molecule has 1 atom stereocenters. The Hall–Kier alpha value is -2.10. The SMILES string of the molecule is Cc1cccc([C@H](NC(=O)C2CC=CC2)C(=O)O)c1C. The van der Waals surface area contributed by atoms with Crippen LogP contribution in [-0.2, 0) is 9.59 Å². The van der Waals surface area contributed by atoms with E-state index in [0.717, 1.165) is 11.1 Å². The van der Waals surface area contributed by atoms with Crippen molar-refractivity contribution in [3.63, 3.8) is 0 Å². The van der Waals surface area contributed by atoms with Crippen LogP contribution in [-0.4, -0.2) is 17.0 Å². The largest absolute Gasteiger partial charge is 0.479 e. The van der Waals surface area contributed by atoms with Crippen LogP contribution in [0.3, 0.4) is 0 Å². The van der Waals surface area contributed by atoms with E-state index in [9.17, 15) is 14.7 Å². The second-order valence-electron chi connectivity index (χ2n) is 5.21. The molecule has 2 rings (SSSR count). The van der Waals surface area contributed by atoms with Crippen LogP contribution in [0.5, 0.6) is 0 Å². The number of hydrogen-bond acceptors (Lipinski definition) is 2. The van der Waals surface area contributed by atoms with Crippen LogP contribution in [0, 0.1) is 19.8 Å². The third-order valence-corrected chi connectivity index (χ3v) is 3.87. The molecule has 2 N–H and O–H groups in total. The molecule has 1 aliphatic rings. The van der Waals surface area contributed by atoms with Gasteiger partial charge in [-0.05, 0) is 43.4 Å². The van der Waals surface area contributed by atoms with Gasteiger partial charge in [0.2, 0.25) is 5.91 Å². The smallest absolute Gasteiger partial charge is 0.330 e. The number of benzene rings is 1. The summed E-state index contributed by atoms with van der Waals surface area (Å²) < 4.78 is 0. The summed E-state index contributed by atoms with van der Waals surface area (Å²) in [7, 11) is 0. The minimum Gasteiger partial charge on any atom is -0.479 e. The van der Waals surface area contributed by atoms with Gasteiger partial charge in [0.15, 0.2) is 6.04 Å². The number of hydrogen-bond donors (Lipinski definition) is 2. The molecule has 0 spiro atoms. The van der Waals surface area contributed by atoms with E-state index < -0.39 is 12.0 Å². The molecule has 4 heteroatoms. The molecule has 1 aromatic rings. The Morgan fingerprint density at radius 2 is 1.90 bits per heavy atom. The lowest BCUT2D eigenvalue weighted by molar-refractivity contribution is -0.142. The van der Waals surface area contributed by atoms with E-state index >= 15 is 0 Å². The maximum absolute atomic E-state index is 12.1. The normalized spacial score (nSPS) is 16.1. The first-order valence-corrected chi connectivity index (χ1v) is 6.75. The average molecular weight is 273 g/mol. The molecule has 4 nitrogen and oxygen atoms in total. The molecule has 0 unspecified atom stereocenters. The van der Waals surface area contributed by atoms with Crippen molar-refractivity contribution in [3.05, 3.63) is 47.0 Å². The van der Waals surface area contributed by atoms with E-state index in [1.165, 1.54) is 0 Å². The molecular formula is C16H19NO3. The Kier molecular flexibility index (Phi) is 4.23. The van der Waals surface area contributed by atoms with Crippen molar-refractivity contribution in [1.29, 1.82) is 0 Å². The first-order chi connectivity index (χ1) is 9.50. The van der Waals surface area contributed by atoms with E-state index in [2.05, 4.69) is 5.32 Å². The first-order valence-electron chi connectivity index (χ1n) is 6.75. The molecule has 1 aromatic carbocycles. The highest BCUT2D eigenvalue weighted by atomic mass is 16.4. The number of carbonyl (C=O) groups excluding carboxylic acids is 1. The minimum atomic E-state index is -1.03. The summed E-state index contributed by atoms with van der Waals surface area (Å²) >= 11 is 0. The van der Waals surface area contributed by atoms with Gasteiger partial charge in [0.1, 0.15) is 0 Å². The Morgan fingerprint density at radius 1 is 1.25 bits per heavy atom. The standard InChI is InChI=1S/C16H19NO3/c1-10-6-5-9-13(11(10)2)14(16(19)20)17-15(18)12-7-3-4-8-12/h3-6,9,12,14H,7-8H2,1-2H3,(H,17,18)(H,19,20)/t14-/m0/s1. The Balaban J connectivity index is 2.21. The molecule has 0 aliphatic heterocycles. The summed E-state index contributed by atoms with van der Waals surface area (Å²) in [4.78, 5) is 23.6. The molecule has 0 bridgehead atoms. The van der Waals surface area contributed by atoms with Gasteiger partial charge in [-0.3, -0.25) is 4.79 Å². The quantitative estimate of drug-likeness (QED) is 0.828. The molecule has 0 heterocycles. The molecule has 20 heavy (non-hydrogen) atoms. The highest BCUT2D eigenvalue weighted by Gasteiger charge is 2.27. The van der Waals surface area contributed by atoms with Crippen LogP contribution < -0.4 is 5.32 Å². The van der Waals surface area contributed by atoms with Gasteiger partial charge in [0, 0.05) is 5.92 Å². The molecule has 1 aliphatic carbocycles. The van der Waals surface area contributed by atoms with Gasteiger partial charge in [-0.2, -0.15) is 0 Å². The maximum Gasteiger partial charge on any atom is 0.330 e. The summed E-state index contributed by atoms with van der Waals surface area (Å²) in [6, 6.07) is 4.52. The van der Waals surface area contributed by atoms with E-state index in [4.69, 9.17) is 0 Å². The predicted octanol–water partition coefficient (Wildman–Crippen LogP) is 2.51. The lowest BCUT2D eigenvalue weighted by Gasteiger charge is -2.20. The van der Waals surface area contributed by atoms with Crippen LogP contribution in [0.15, 0.2) is 30.4 Å². The van der Waals surface area contributed by atoms with Crippen LogP contribution in [0.25, 0.3) is 0 Å². The van der Waals surface area contributed by atoms with Gasteiger partial charge in [-0.15, -0.1) is 0 Å². The van der Waals surface area contributed by atoms with Crippen molar-refractivity contribution in [2.45, 2.75) is 32.7 Å². The number of aryl methyl sites for hydroxylation is 1. The Bertz CT molecular complexity index is 555. The first kappa shape index (κ1) is 14.3. The highest BCUT2D eigenvalue weighted by molar-refractivity contribution is 5.86. The molecule has 0 aromatic heterocycles. The number of carboxylic acids is 1. The zero-order valence-corrected chi connectivity index (χ0v) is 11.7. The zero-order chi connectivity index (χ0) is 14.7. The van der Waals surface area contributed by atoms with Gasteiger partial charge in [-0.1, -0.05) is 30.4 Å². The number of carboxylic acid groups (broad SMARTS) is 1.